The Morgan fingerprint density at radius 2 is 2.12 bits per heavy atom. The molecule has 0 aliphatic carbocycles. The number of nitrogens with zero attached hydrogens (tertiary/aromatic N) is 4. The lowest BCUT2D eigenvalue weighted by atomic mass is 10.1. The maximum atomic E-state index is 14.6. The van der Waals surface area contributed by atoms with Crippen LogP contribution in [0.4, 0.5) is 10.2 Å². The molecule has 1 atom stereocenters. The van der Waals surface area contributed by atoms with Crippen LogP contribution in [0.25, 0.3) is 10.9 Å². The molecule has 6 nitrogen and oxygen atoms in total. The number of hydrogen-bond acceptors (Lipinski definition) is 7. The number of fused-ring (bicyclic) bond motifs is 1. The lowest BCUT2D eigenvalue weighted by molar-refractivity contribution is 0.154. The van der Waals surface area contributed by atoms with Crippen LogP contribution >= 0.6 is 23.4 Å². The average Bonchev–Trinajstić information content (AvgIpc) is 2.58. The normalized spacial score (nSPS) is 18.2. The zero-order valence-electron chi connectivity index (χ0n) is 14.3. The van der Waals surface area contributed by atoms with E-state index in [1.165, 1.54) is 11.8 Å². The maximum Gasteiger partial charge on any atom is 0.228 e. The van der Waals surface area contributed by atoms with Crippen molar-refractivity contribution in [1.29, 1.82) is 0 Å². The molecule has 0 spiro atoms. The highest BCUT2D eigenvalue weighted by Crippen LogP contribution is 2.37. The summed E-state index contributed by atoms with van der Waals surface area (Å²) >= 11 is 7.26. The summed E-state index contributed by atoms with van der Waals surface area (Å²) in [5.41, 5.74) is 0.0880. The van der Waals surface area contributed by atoms with E-state index in [1.54, 1.807) is 0 Å². The van der Waals surface area contributed by atoms with Gasteiger partial charge < -0.3 is 14.7 Å². The number of aromatic nitrogens is 3. The topological polar surface area (TPSA) is 71.4 Å². The van der Waals surface area contributed by atoms with E-state index in [4.69, 9.17) is 16.3 Å². The third-order valence-corrected chi connectivity index (χ3v) is 4.70. The number of ether oxygens (including phenoxy) is 1. The summed E-state index contributed by atoms with van der Waals surface area (Å²) in [5, 5.41) is 10.6. The van der Waals surface area contributed by atoms with E-state index in [1.807, 2.05) is 25.0 Å². The molecule has 136 valence electrons. The number of halogens is 2. The molecule has 0 saturated carbocycles. The van der Waals surface area contributed by atoms with E-state index in [0.29, 0.717) is 29.5 Å². The van der Waals surface area contributed by atoms with E-state index in [0.717, 1.165) is 12.8 Å². The molecule has 0 radical (unpaired) electrons. The minimum Gasteiger partial charge on any atom is -0.474 e. The highest BCUT2D eigenvalue weighted by atomic mass is 35.5. The van der Waals surface area contributed by atoms with Gasteiger partial charge in [0.05, 0.1) is 12.2 Å². The van der Waals surface area contributed by atoms with Crippen molar-refractivity contribution in [1.82, 2.24) is 15.0 Å². The van der Waals surface area contributed by atoms with Gasteiger partial charge in [0.2, 0.25) is 5.88 Å². The Morgan fingerprint density at radius 3 is 2.76 bits per heavy atom. The van der Waals surface area contributed by atoms with Crippen LogP contribution in [0.2, 0.25) is 5.15 Å². The van der Waals surface area contributed by atoms with Crippen LogP contribution < -0.4 is 9.64 Å². The highest BCUT2D eigenvalue weighted by molar-refractivity contribution is 7.98. The van der Waals surface area contributed by atoms with Gasteiger partial charge in [-0.3, -0.25) is 0 Å². The number of piperidine rings is 1. The Labute approximate surface area is 154 Å². The first kappa shape index (κ1) is 18.4. The van der Waals surface area contributed by atoms with E-state index in [2.05, 4.69) is 15.0 Å². The predicted molar refractivity (Wildman–Crippen MR) is 97.3 cm³/mol. The van der Waals surface area contributed by atoms with Crippen molar-refractivity contribution < 1.29 is 14.2 Å². The number of aliphatic hydroxyl groups is 1. The van der Waals surface area contributed by atoms with E-state index in [-0.39, 0.29) is 22.7 Å². The van der Waals surface area contributed by atoms with Gasteiger partial charge in [-0.1, -0.05) is 23.4 Å². The van der Waals surface area contributed by atoms with E-state index < -0.39 is 11.9 Å². The van der Waals surface area contributed by atoms with E-state index in [9.17, 15) is 9.50 Å². The molecular formula is C16H20ClFN4O2S. The fourth-order valence-electron chi connectivity index (χ4n) is 2.85. The molecule has 1 fully saturated rings. The van der Waals surface area contributed by atoms with Gasteiger partial charge in [0.15, 0.2) is 16.1 Å². The summed E-state index contributed by atoms with van der Waals surface area (Å²) in [5.74, 6) is 0.0372. The second-order valence-corrected chi connectivity index (χ2v) is 7.32. The zero-order valence-corrected chi connectivity index (χ0v) is 15.9. The molecule has 3 heterocycles. The highest BCUT2D eigenvalue weighted by Gasteiger charge is 2.27. The summed E-state index contributed by atoms with van der Waals surface area (Å²) in [7, 11) is 0. The Hall–Kier alpha value is -1.38. The van der Waals surface area contributed by atoms with Crippen molar-refractivity contribution in [2.24, 2.45) is 0 Å². The quantitative estimate of drug-likeness (QED) is 0.491. The average molecular weight is 387 g/mol. The van der Waals surface area contributed by atoms with Gasteiger partial charge in [-0.05, 0) is 32.9 Å². The second-order valence-electron chi connectivity index (χ2n) is 6.19. The van der Waals surface area contributed by atoms with E-state index >= 15 is 0 Å². The monoisotopic (exact) mass is 386 g/mol. The standard InChI is InChI=1S/C16H20ClFN4O2S/c1-8(2)24-15-10-12(11(18)13(17)20-15)19-16(25-3)21-14(10)22-6-4-5-9(23)7-22/h8-9,23H,4-7H2,1-3H3/t9-/m1/s1. The Kier molecular flexibility index (Phi) is 5.50. The number of aliphatic hydroxyl groups excluding tert-OH is 1. The van der Waals surface area contributed by atoms with Gasteiger partial charge in [-0.15, -0.1) is 0 Å². The molecule has 0 bridgehead atoms. The summed E-state index contributed by atoms with van der Waals surface area (Å²) in [4.78, 5) is 14.8. The van der Waals surface area contributed by atoms with Gasteiger partial charge in [-0.25, -0.2) is 14.4 Å². The molecule has 3 rings (SSSR count). The van der Waals surface area contributed by atoms with Gasteiger partial charge in [0.25, 0.3) is 0 Å². The lowest BCUT2D eigenvalue weighted by Crippen LogP contribution is -2.39. The first-order chi connectivity index (χ1) is 11.9. The van der Waals surface area contributed by atoms with Crippen LogP contribution in [-0.4, -0.2) is 51.6 Å². The first-order valence-electron chi connectivity index (χ1n) is 8.11. The Bertz CT molecular complexity index is 793. The van der Waals surface area contributed by atoms with Crippen LogP contribution in [0, 0.1) is 5.82 Å². The molecule has 0 unspecified atom stereocenters. The number of hydrogen-bond donors (Lipinski definition) is 1. The first-order valence-corrected chi connectivity index (χ1v) is 9.71. The molecule has 1 saturated heterocycles. The Morgan fingerprint density at radius 1 is 1.36 bits per heavy atom. The maximum absolute atomic E-state index is 14.6. The van der Waals surface area contributed by atoms with Crippen LogP contribution in [0.15, 0.2) is 5.16 Å². The third-order valence-electron chi connectivity index (χ3n) is 3.90. The largest absolute Gasteiger partial charge is 0.474 e. The van der Waals surface area contributed by atoms with Crippen LogP contribution in [0.5, 0.6) is 5.88 Å². The SMILES string of the molecule is CSc1nc(N2CCC[C@@H](O)C2)c2c(OC(C)C)nc(Cl)c(F)c2n1. The van der Waals surface area contributed by atoms with Crippen molar-refractivity contribution in [2.75, 3.05) is 24.2 Å². The van der Waals surface area contributed by atoms with Crippen molar-refractivity contribution in [3.05, 3.63) is 11.0 Å². The zero-order chi connectivity index (χ0) is 18.1. The number of rotatable bonds is 4. The van der Waals surface area contributed by atoms with Crippen molar-refractivity contribution in [3.8, 4) is 5.88 Å². The molecule has 2 aromatic rings. The van der Waals surface area contributed by atoms with Crippen molar-refractivity contribution in [3.63, 3.8) is 0 Å². The van der Waals surface area contributed by atoms with Crippen LogP contribution in [0.3, 0.4) is 0 Å². The molecule has 1 aliphatic rings. The Balaban J connectivity index is 2.27. The number of thioether (sulfide) groups is 1. The molecule has 0 aromatic carbocycles. The fraction of sp³-hybridized carbons (Fsp3) is 0.562. The summed E-state index contributed by atoms with van der Waals surface area (Å²) in [6.45, 7) is 4.84. The summed E-state index contributed by atoms with van der Waals surface area (Å²) in [6, 6.07) is 0. The number of anilines is 1. The fourth-order valence-corrected chi connectivity index (χ4v) is 3.38. The molecule has 1 aliphatic heterocycles. The third kappa shape index (κ3) is 3.75. The van der Waals surface area contributed by atoms with Crippen molar-refractivity contribution >= 4 is 40.1 Å². The molecule has 25 heavy (non-hydrogen) atoms. The number of pyridine rings is 1. The van der Waals surface area contributed by atoms with Crippen LogP contribution in [-0.2, 0) is 0 Å². The van der Waals surface area contributed by atoms with Gasteiger partial charge in [0.1, 0.15) is 16.7 Å². The molecule has 9 heteroatoms. The molecule has 2 aromatic heterocycles. The number of β-amino-alcohol motifs (C(OH)–C–C–N with tert-alkyl or cyclic N) is 1. The van der Waals surface area contributed by atoms with Gasteiger partial charge in [-0.2, -0.15) is 4.98 Å². The lowest BCUT2D eigenvalue weighted by Gasteiger charge is -2.32. The second kappa shape index (κ2) is 7.47. The van der Waals surface area contributed by atoms with Crippen molar-refractivity contribution in [2.45, 2.75) is 44.1 Å². The van der Waals surface area contributed by atoms with Crippen LogP contribution in [0.1, 0.15) is 26.7 Å². The summed E-state index contributed by atoms with van der Waals surface area (Å²) < 4.78 is 20.4. The predicted octanol–water partition coefficient (Wildman–Crippen LogP) is 3.29. The minimum absolute atomic E-state index is 0.0880. The molecule has 1 N–H and O–H groups in total. The smallest absolute Gasteiger partial charge is 0.228 e. The van der Waals surface area contributed by atoms with Gasteiger partial charge >= 0.3 is 0 Å². The molecular weight excluding hydrogens is 367 g/mol. The van der Waals surface area contributed by atoms with Gasteiger partial charge in [0, 0.05) is 13.1 Å². The molecule has 0 amide bonds. The minimum atomic E-state index is -0.690. The summed E-state index contributed by atoms with van der Waals surface area (Å²) in [6.07, 6.45) is 2.77.